The molecule has 3 rings (SSSR count). The van der Waals surface area contributed by atoms with Crippen LogP contribution in [0.25, 0.3) is 0 Å². The van der Waals surface area contributed by atoms with Crippen LogP contribution in [0, 0.1) is 13.8 Å². The lowest BCUT2D eigenvalue weighted by Gasteiger charge is -2.13. The number of hydrogen-bond donors (Lipinski definition) is 3. The van der Waals surface area contributed by atoms with Crippen molar-refractivity contribution in [3.05, 3.63) is 53.1 Å². The predicted molar refractivity (Wildman–Crippen MR) is 125 cm³/mol. The molecule has 174 valence electrons. The van der Waals surface area contributed by atoms with E-state index in [0.29, 0.717) is 29.4 Å². The monoisotopic (exact) mass is 452 g/mol. The Bertz CT molecular complexity index is 1060. The van der Waals surface area contributed by atoms with E-state index in [1.54, 1.807) is 18.2 Å². The SMILES string of the molecule is CCOc1cc(/C=N\NC(=O)C(=O)NC2CC2)ccc1OCC(=O)Nc1ccc(C)c(C)c1. The van der Waals surface area contributed by atoms with Crippen LogP contribution in [0.1, 0.15) is 36.5 Å². The van der Waals surface area contributed by atoms with Gasteiger partial charge in [-0.1, -0.05) is 6.07 Å². The van der Waals surface area contributed by atoms with Gasteiger partial charge in [-0.25, -0.2) is 5.43 Å². The van der Waals surface area contributed by atoms with Gasteiger partial charge in [-0.15, -0.1) is 0 Å². The molecule has 1 saturated carbocycles. The molecule has 33 heavy (non-hydrogen) atoms. The highest BCUT2D eigenvalue weighted by atomic mass is 16.5. The summed E-state index contributed by atoms with van der Waals surface area (Å²) in [5.41, 5.74) is 5.75. The molecule has 3 N–H and O–H groups in total. The number of hydrogen-bond acceptors (Lipinski definition) is 6. The topological polar surface area (TPSA) is 118 Å². The largest absolute Gasteiger partial charge is 0.490 e. The van der Waals surface area contributed by atoms with E-state index in [9.17, 15) is 14.4 Å². The lowest BCUT2D eigenvalue weighted by Crippen LogP contribution is -2.38. The predicted octanol–water partition coefficient (Wildman–Crippen LogP) is 2.45. The first-order valence-corrected chi connectivity index (χ1v) is 10.8. The lowest BCUT2D eigenvalue weighted by molar-refractivity contribution is -0.139. The third-order valence-electron chi connectivity index (χ3n) is 4.92. The summed E-state index contributed by atoms with van der Waals surface area (Å²) in [6, 6.07) is 10.8. The van der Waals surface area contributed by atoms with Crippen LogP contribution < -0.4 is 25.5 Å². The number of aryl methyl sites for hydroxylation is 2. The van der Waals surface area contributed by atoms with Crippen molar-refractivity contribution in [3.63, 3.8) is 0 Å². The van der Waals surface area contributed by atoms with Crippen molar-refractivity contribution in [1.82, 2.24) is 10.7 Å². The molecule has 9 heteroatoms. The average Bonchev–Trinajstić information content (AvgIpc) is 3.60. The van der Waals surface area contributed by atoms with Crippen LogP contribution in [0.2, 0.25) is 0 Å². The quantitative estimate of drug-likeness (QED) is 0.307. The molecule has 0 aromatic heterocycles. The zero-order valence-electron chi connectivity index (χ0n) is 18.9. The second kappa shape index (κ2) is 11.1. The van der Waals surface area contributed by atoms with Crippen molar-refractivity contribution in [2.24, 2.45) is 5.10 Å². The first-order chi connectivity index (χ1) is 15.9. The van der Waals surface area contributed by atoms with Crippen molar-refractivity contribution >= 4 is 29.6 Å². The number of hydrazone groups is 1. The van der Waals surface area contributed by atoms with E-state index in [-0.39, 0.29) is 18.6 Å². The van der Waals surface area contributed by atoms with Gasteiger partial charge in [0, 0.05) is 11.7 Å². The Morgan fingerprint density at radius 1 is 1.00 bits per heavy atom. The summed E-state index contributed by atoms with van der Waals surface area (Å²) in [5.74, 6) is -0.987. The second-order valence-corrected chi connectivity index (χ2v) is 7.72. The molecule has 0 bridgehead atoms. The zero-order chi connectivity index (χ0) is 23.8. The molecule has 0 saturated heterocycles. The van der Waals surface area contributed by atoms with E-state index in [0.717, 1.165) is 24.0 Å². The van der Waals surface area contributed by atoms with Gasteiger partial charge in [0.15, 0.2) is 18.1 Å². The molecule has 0 aliphatic heterocycles. The van der Waals surface area contributed by atoms with Gasteiger partial charge in [-0.2, -0.15) is 5.10 Å². The van der Waals surface area contributed by atoms with Crippen LogP contribution in [-0.4, -0.2) is 43.2 Å². The fourth-order valence-corrected chi connectivity index (χ4v) is 2.85. The molecule has 1 fully saturated rings. The van der Waals surface area contributed by atoms with Gasteiger partial charge in [0.05, 0.1) is 12.8 Å². The molecule has 2 aromatic carbocycles. The molecule has 0 unspecified atom stereocenters. The highest BCUT2D eigenvalue weighted by Crippen LogP contribution is 2.28. The molecule has 3 amide bonds. The van der Waals surface area contributed by atoms with Gasteiger partial charge < -0.3 is 20.1 Å². The highest BCUT2D eigenvalue weighted by molar-refractivity contribution is 6.35. The Morgan fingerprint density at radius 3 is 2.48 bits per heavy atom. The van der Waals surface area contributed by atoms with Crippen LogP contribution >= 0.6 is 0 Å². The van der Waals surface area contributed by atoms with Gasteiger partial charge in [0.1, 0.15) is 0 Å². The van der Waals surface area contributed by atoms with Gasteiger partial charge in [0.25, 0.3) is 5.91 Å². The fraction of sp³-hybridized carbons (Fsp3) is 0.333. The van der Waals surface area contributed by atoms with E-state index in [2.05, 4.69) is 21.2 Å². The molecule has 0 spiro atoms. The number of carbonyl (C=O) groups excluding carboxylic acids is 3. The maximum Gasteiger partial charge on any atom is 0.329 e. The molecular formula is C24H28N4O5. The van der Waals surface area contributed by atoms with Gasteiger partial charge in [-0.3, -0.25) is 14.4 Å². The van der Waals surface area contributed by atoms with E-state index in [4.69, 9.17) is 9.47 Å². The Hall–Kier alpha value is -3.88. The summed E-state index contributed by atoms with van der Waals surface area (Å²) < 4.78 is 11.2. The number of rotatable bonds is 9. The third-order valence-corrected chi connectivity index (χ3v) is 4.92. The Balaban J connectivity index is 1.55. The van der Waals surface area contributed by atoms with Crippen molar-refractivity contribution < 1.29 is 23.9 Å². The van der Waals surface area contributed by atoms with Crippen LogP contribution in [0.3, 0.4) is 0 Å². The van der Waals surface area contributed by atoms with Crippen molar-refractivity contribution in [2.75, 3.05) is 18.5 Å². The normalized spacial score (nSPS) is 12.8. The molecule has 2 aromatic rings. The molecule has 1 aliphatic rings. The summed E-state index contributed by atoms with van der Waals surface area (Å²) in [6.07, 6.45) is 3.18. The first-order valence-electron chi connectivity index (χ1n) is 10.8. The Morgan fingerprint density at radius 2 is 1.79 bits per heavy atom. The van der Waals surface area contributed by atoms with Crippen molar-refractivity contribution in [3.8, 4) is 11.5 Å². The lowest BCUT2D eigenvalue weighted by atomic mass is 10.1. The number of anilines is 1. The number of nitrogens with zero attached hydrogens (tertiary/aromatic N) is 1. The Kier molecular flexibility index (Phi) is 8.01. The van der Waals surface area contributed by atoms with E-state index < -0.39 is 11.8 Å². The number of carbonyl (C=O) groups is 3. The fourth-order valence-electron chi connectivity index (χ4n) is 2.85. The number of benzene rings is 2. The summed E-state index contributed by atoms with van der Waals surface area (Å²) in [4.78, 5) is 35.6. The van der Waals surface area contributed by atoms with E-state index in [1.165, 1.54) is 6.21 Å². The van der Waals surface area contributed by atoms with Crippen LogP contribution in [-0.2, 0) is 14.4 Å². The average molecular weight is 453 g/mol. The standard InChI is InChI=1S/C24H28N4O5/c1-4-32-21-12-17(13-25-28-24(31)23(30)27-18-8-9-18)6-10-20(21)33-14-22(29)26-19-7-5-15(2)16(3)11-19/h5-7,10-13,18H,4,8-9,14H2,1-3H3,(H,26,29)(H,27,30)(H,28,31)/b25-13-. The van der Waals surface area contributed by atoms with Crippen molar-refractivity contribution in [1.29, 1.82) is 0 Å². The van der Waals surface area contributed by atoms with Crippen LogP contribution in [0.5, 0.6) is 11.5 Å². The van der Waals surface area contributed by atoms with Gasteiger partial charge in [-0.05, 0) is 80.6 Å². The summed E-state index contributed by atoms with van der Waals surface area (Å²) in [7, 11) is 0. The van der Waals surface area contributed by atoms with Crippen LogP contribution in [0.4, 0.5) is 5.69 Å². The number of amides is 3. The minimum Gasteiger partial charge on any atom is -0.490 e. The minimum absolute atomic E-state index is 0.0941. The minimum atomic E-state index is -0.821. The molecule has 1 aliphatic carbocycles. The van der Waals surface area contributed by atoms with E-state index >= 15 is 0 Å². The van der Waals surface area contributed by atoms with E-state index in [1.807, 2.05) is 39.0 Å². The van der Waals surface area contributed by atoms with Gasteiger partial charge >= 0.3 is 11.8 Å². The number of nitrogens with one attached hydrogen (secondary N) is 3. The maximum atomic E-state index is 12.3. The summed E-state index contributed by atoms with van der Waals surface area (Å²) in [5, 5.41) is 9.20. The summed E-state index contributed by atoms with van der Waals surface area (Å²) in [6.45, 7) is 6.02. The van der Waals surface area contributed by atoms with Gasteiger partial charge in [0.2, 0.25) is 0 Å². The summed E-state index contributed by atoms with van der Waals surface area (Å²) >= 11 is 0. The molecule has 0 radical (unpaired) electrons. The first kappa shape index (κ1) is 23.8. The third kappa shape index (κ3) is 7.34. The zero-order valence-corrected chi connectivity index (χ0v) is 18.9. The maximum absolute atomic E-state index is 12.3. The van der Waals surface area contributed by atoms with Crippen LogP contribution in [0.15, 0.2) is 41.5 Å². The smallest absolute Gasteiger partial charge is 0.329 e. The van der Waals surface area contributed by atoms with Crippen molar-refractivity contribution in [2.45, 2.75) is 39.7 Å². The molecular weight excluding hydrogens is 424 g/mol. The molecule has 9 nitrogen and oxygen atoms in total. The molecule has 0 heterocycles. The Labute approximate surface area is 192 Å². The second-order valence-electron chi connectivity index (χ2n) is 7.72. The highest BCUT2D eigenvalue weighted by Gasteiger charge is 2.26. The molecule has 0 atom stereocenters. The number of ether oxygens (including phenoxy) is 2.